The van der Waals surface area contributed by atoms with Crippen LogP contribution in [0.4, 0.5) is 4.79 Å². The fraction of sp³-hybridized carbons (Fsp3) is 0.529. The average molecular weight is 612 g/mol. The van der Waals surface area contributed by atoms with Crippen LogP contribution in [0.25, 0.3) is 0 Å². The zero-order chi connectivity index (χ0) is 32.7. The number of rotatable bonds is 16. The molecule has 0 aliphatic carbocycles. The van der Waals surface area contributed by atoms with Crippen LogP contribution < -0.4 is 10.6 Å². The lowest BCUT2D eigenvalue weighted by atomic mass is 9.96. The minimum atomic E-state index is -1.07. The summed E-state index contributed by atoms with van der Waals surface area (Å²) in [4.78, 5) is 54.9. The molecule has 0 bridgehead atoms. The Labute approximate surface area is 261 Å². The second-order valence-electron chi connectivity index (χ2n) is 11.8. The Balaban J connectivity index is 2.53. The van der Waals surface area contributed by atoms with Gasteiger partial charge in [0.25, 0.3) is 0 Å². The Morgan fingerprint density at radius 1 is 0.955 bits per heavy atom. The molecular formula is C34H49N3O7. The van der Waals surface area contributed by atoms with Crippen molar-refractivity contribution in [2.24, 2.45) is 0 Å². The van der Waals surface area contributed by atoms with Crippen molar-refractivity contribution in [3.8, 4) is 5.75 Å². The number of nitrogens with one attached hydrogen (secondary N) is 2. The quantitative estimate of drug-likeness (QED) is 0.172. The Bertz CT molecular complexity index is 1220. The van der Waals surface area contributed by atoms with Crippen LogP contribution in [0, 0.1) is 6.92 Å². The van der Waals surface area contributed by atoms with Crippen LogP contribution in [0.1, 0.15) is 89.5 Å². The normalized spacial score (nSPS) is 12.5. The molecule has 0 saturated heterocycles. The molecule has 242 valence electrons. The van der Waals surface area contributed by atoms with Gasteiger partial charge in [-0.05, 0) is 69.9 Å². The second kappa shape index (κ2) is 17.9. The number of unbranched alkanes of at least 4 members (excludes halogenated alkanes) is 3. The molecule has 3 N–H and O–H groups in total. The Morgan fingerprint density at radius 2 is 1.64 bits per heavy atom. The fourth-order valence-corrected chi connectivity index (χ4v) is 4.76. The third kappa shape index (κ3) is 12.3. The van der Waals surface area contributed by atoms with Crippen LogP contribution in [-0.2, 0) is 30.3 Å². The summed E-state index contributed by atoms with van der Waals surface area (Å²) in [6.45, 7) is 11.4. The average Bonchev–Trinajstić information content (AvgIpc) is 2.95. The molecule has 0 saturated carbocycles. The predicted octanol–water partition coefficient (Wildman–Crippen LogP) is 5.36. The second-order valence-corrected chi connectivity index (χ2v) is 11.8. The lowest BCUT2D eigenvalue weighted by molar-refractivity contribution is -0.144. The van der Waals surface area contributed by atoms with E-state index in [2.05, 4.69) is 17.6 Å². The van der Waals surface area contributed by atoms with Crippen molar-refractivity contribution in [2.75, 3.05) is 19.7 Å². The molecule has 10 heteroatoms. The lowest BCUT2D eigenvalue weighted by Gasteiger charge is -2.35. The number of hydrogen-bond donors (Lipinski definition) is 3. The van der Waals surface area contributed by atoms with Gasteiger partial charge in [-0.2, -0.15) is 0 Å². The molecule has 0 aliphatic heterocycles. The van der Waals surface area contributed by atoms with Crippen molar-refractivity contribution in [1.29, 1.82) is 0 Å². The highest BCUT2D eigenvalue weighted by Crippen LogP contribution is 2.27. The van der Waals surface area contributed by atoms with E-state index in [4.69, 9.17) is 9.47 Å². The number of alkyl carbamates (subject to hydrolysis) is 1. The topological polar surface area (TPSA) is 134 Å². The summed E-state index contributed by atoms with van der Waals surface area (Å²) in [7, 11) is 0. The molecule has 10 nitrogen and oxygen atoms in total. The van der Waals surface area contributed by atoms with E-state index in [1.807, 2.05) is 31.2 Å². The minimum Gasteiger partial charge on any atom is -0.508 e. The number of amides is 3. The van der Waals surface area contributed by atoms with Gasteiger partial charge in [-0.25, -0.2) is 4.79 Å². The highest BCUT2D eigenvalue weighted by Gasteiger charge is 2.36. The smallest absolute Gasteiger partial charge is 0.408 e. The first-order valence-corrected chi connectivity index (χ1v) is 15.4. The van der Waals surface area contributed by atoms with Crippen LogP contribution in [-0.4, -0.2) is 65.2 Å². The van der Waals surface area contributed by atoms with Gasteiger partial charge in [-0.15, -0.1) is 0 Å². The van der Waals surface area contributed by atoms with Crippen molar-refractivity contribution in [3.05, 3.63) is 65.2 Å². The number of phenols is 1. The number of nitrogens with zero attached hydrogens (tertiary/aromatic N) is 1. The summed E-state index contributed by atoms with van der Waals surface area (Å²) < 4.78 is 10.5. The molecule has 2 aromatic rings. The number of aryl methyl sites for hydroxylation is 1. The van der Waals surface area contributed by atoms with Gasteiger partial charge in [0.05, 0.1) is 13.0 Å². The molecule has 0 fully saturated rings. The van der Waals surface area contributed by atoms with Gasteiger partial charge in [-0.3, -0.25) is 14.4 Å². The number of benzene rings is 2. The maximum Gasteiger partial charge on any atom is 0.408 e. The molecule has 2 atom stereocenters. The number of carbonyl (C=O) groups excluding carboxylic acids is 4. The number of phenolic OH excluding ortho intramolecular Hbond substituents is 1. The first-order valence-electron chi connectivity index (χ1n) is 15.4. The van der Waals surface area contributed by atoms with Crippen molar-refractivity contribution in [3.63, 3.8) is 0 Å². The summed E-state index contributed by atoms with van der Waals surface area (Å²) in [5.41, 5.74) is 1.37. The van der Waals surface area contributed by atoms with Crippen molar-refractivity contribution < 1.29 is 33.8 Å². The molecule has 0 heterocycles. The van der Waals surface area contributed by atoms with E-state index in [0.717, 1.165) is 24.8 Å². The molecule has 0 aromatic heterocycles. The SMILES string of the molecule is CCCCCCN(C(=O)C(Cc1ccc(O)cc1)NC(=O)OC(C)(C)C)C(C(=O)NCCC(=O)OCC)c1ccccc1C. The maximum atomic E-state index is 14.5. The third-order valence-corrected chi connectivity index (χ3v) is 6.88. The van der Waals surface area contributed by atoms with Crippen LogP contribution in [0.5, 0.6) is 5.75 Å². The number of esters is 1. The van der Waals surface area contributed by atoms with Crippen LogP contribution in [0.3, 0.4) is 0 Å². The van der Waals surface area contributed by atoms with Crippen molar-refractivity contribution in [2.45, 2.75) is 97.8 Å². The zero-order valence-electron chi connectivity index (χ0n) is 27.0. The first kappa shape index (κ1) is 36.1. The molecule has 0 radical (unpaired) electrons. The molecule has 44 heavy (non-hydrogen) atoms. The summed E-state index contributed by atoms with van der Waals surface area (Å²) in [6.07, 6.45) is 2.81. The van der Waals surface area contributed by atoms with Gasteiger partial charge in [0.2, 0.25) is 11.8 Å². The van der Waals surface area contributed by atoms with Gasteiger partial charge < -0.3 is 30.1 Å². The van der Waals surface area contributed by atoms with Gasteiger partial charge >= 0.3 is 12.1 Å². The van der Waals surface area contributed by atoms with E-state index in [9.17, 15) is 24.3 Å². The molecule has 2 rings (SSSR count). The van der Waals surface area contributed by atoms with E-state index in [-0.39, 0.29) is 38.3 Å². The van der Waals surface area contributed by atoms with E-state index >= 15 is 0 Å². The summed E-state index contributed by atoms with van der Waals surface area (Å²) in [5, 5.41) is 15.4. The van der Waals surface area contributed by atoms with Crippen molar-refractivity contribution >= 4 is 23.9 Å². The fourth-order valence-electron chi connectivity index (χ4n) is 4.76. The van der Waals surface area contributed by atoms with Crippen molar-refractivity contribution in [1.82, 2.24) is 15.5 Å². The number of aromatic hydroxyl groups is 1. The monoisotopic (exact) mass is 611 g/mol. The van der Waals surface area contributed by atoms with Gasteiger partial charge in [0.15, 0.2) is 0 Å². The molecule has 3 amide bonds. The minimum absolute atomic E-state index is 0.00576. The van der Waals surface area contributed by atoms with E-state index < -0.39 is 41.6 Å². The van der Waals surface area contributed by atoms with E-state index in [1.165, 1.54) is 17.0 Å². The van der Waals surface area contributed by atoms with Crippen LogP contribution in [0.15, 0.2) is 48.5 Å². The van der Waals surface area contributed by atoms with Crippen LogP contribution >= 0.6 is 0 Å². The standard InChI is InChI=1S/C34H49N3O7/c1-7-9-10-13-22-37(30(27-15-12-11-14-24(27)3)31(40)35-21-20-29(39)43-8-2)32(41)28(36-33(42)44-34(4,5)6)23-25-16-18-26(38)19-17-25/h11-12,14-19,28,30,38H,7-10,13,20-23H2,1-6H3,(H,35,40)(H,36,42). The van der Waals surface area contributed by atoms with Crippen LogP contribution in [0.2, 0.25) is 0 Å². The Hall–Kier alpha value is -4.08. The highest BCUT2D eigenvalue weighted by atomic mass is 16.6. The summed E-state index contributed by atoms with van der Waals surface area (Å²) >= 11 is 0. The zero-order valence-corrected chi connectivity index (χ0v) is 27.0. The summed E-state index contributed by atoms with van der Waals surface area (Å²) in [5.74, 6) is -1.24. The molecule has 0 spiro atoms. The molecule has 0 aliphatic rings. The largest absolute Gasteiger partial charge is 0.508 e. The summed E-state index contributed by atoms with van der Waals surface area (Å²) in [6, 6.07) is 11.7. The maximum absolute atomic E-state index is 14.5. The molecular weight excluding hydrogens is 562 g/mol. The van der Waals surface area contributed by atoms with Gasteiger partial charge in [0.1, 0.15) is 23.4 Å². The van der Waals surface area contributed by atoms with Gasteiger partial charge in [0, 0.05) is 19.5 Å². The number of ether oxygens (including phenoxy) is 2. The Morgan fingerprint density at radius 3 is 2.25 bits per heavy atom. The lowest BCUT2D eigenvalue weighted by Crippen LogP contribution is -2.54. The number of carbonyl (C=O) groups is 4. The third-order valence-electron chi connectivity index (χ3n) is 6.88. The Kier molecular flexibility index (Phi) is 14.7. The number of hydrogen-bond acceptors (Lipinski definition) is 7. The highest BCUT2D eigenvalue weighted by molar-refractivity contribution is 5.92. The molecule has 2 aromatic carbocycles. The van der Waals surface area contributed by atoms with Gasteiger partial charge in [-0.1, -0.05) is 62.6 Å². The predicted molar refractivity (Wildman–Crippen MR) is 169 cm³/mol. The first-order chi connectivity index (χ1) is 20.9. The van der Waals surface area contributed by atoms with E-state index in [1.54, 1.807) is 39.8 Å². The molecule has 2 unspecified atom stereocenters. The van der Waals surface area contributed by atoms with E-state index in [0.29, 0.717) is 17.5 Å².